The van der Waals surface area contributed by atoms with Crippen LogP contribution in [-0.4, -0.2) is 24.4 Å². The predicted octanol–water partition coefficient (Wildman–Crippen LogP) is 1.96. The van der Waals surface area contributed by atoms with Gasteiger partial charge in [-0.3, -0.25) is 0 Å². The molecule has 4 nitrogen and oxygen atoms in total. The molecule has 0 saturated heterocycles. The van der Waals surface area contributed by atoms with E-state index in [1.807, 2.05) is 24.3 Å². The van der Waals surface area contributed by atoms with Crippen molar-refractivity contribution >= 4 is 0 Å². The molecule has 1 aromatic carbocycles. The molecule has 1 radical (unpaired) electrons. The molecule has 0 amide bonds. The lowest BCUT2D eigenvalue weighted by Gasteiger charge is -2.07. The van der Waals surface area contributed by atoms with Crippen LogP contribution in [0.2, 0.25) is 0 Å². The Kier molecular flexibility index (Phi) is 3.00. The third-order valence-corrected chi connectivity index (χ3v) is 2.18. The van der Waals surface area contributed by atoms with E-state index in [0.717, 1.165) is 22.8 Å². The zero-order chi connectivity index (χ0) is 11.4. The van der Waals surface area contributed by atoms with Gasteiger partial charge in [0.1, 0.15) is 17.7 Å². The summed E-state index contributed by atoms with van der Waals surface area (Å²) in [6.07, 6.45) is 2.64. The Morgan fingerprint density at radius 1 is 1.06 bits per heavy atom. The normalized spacial score (nSPS) is 9.88. The molecule has 1 heterocycles. The molecule has 0 aliphatic rings. The average molecular weight is 215 g/mol. The summed E-state index contributed by atoms with van der Waals surface area (Å²) in [4.78, 5) is 0. The molecule has 0 N–H and O–H groups in total. The highest BCUT2D eigenvalue weighted by molar-refractivity contribution is 5.63. The van der Waals surface area contributed by atoms with Crippen LogP contribution >= 0.6 is 0 Å². The lowest BCUT2D eigenvalue weighted by atomic mass is 10.1. The van der Waals surface area contributed by atoms with Crippen molar-refractivity contribution in [1.29, 1.82) is 0 Å². The maximum absolute atomic E-state index is 5.18. The van der Waals surface area contributed by atoms with Gasteiger partial charge in [0.2, 0.25) is 0 Å². The molecule has 1 aromatic heterocycles. The van der Waals surface area contributed by atoms with E-state index in [-0.39, 0.29) is 0 Å². The molecule has 16 heavy (non-hydrogen) atoms. The van der Waals surface area contributed by atoms with E-state index in [4.69, 9.17) is 9.47 Å². The number of hydrogen-bond acceptors (Lipinski definition) is 4. The first kappa shape index (κ1) is 10.4. The van der Waals surface area contributed by atoms with Crippen LogP contribution in [0, 0.1) is 6.20 Å². The van der Waals surface area contributed by atoms with Gasteiger partial charge in [-0.25, -0.2) is 0 Å². The van der Waals surface area contributed by atoms with Gasteiger partial charge in [-0.05, 0) is 24.3 Å². The summed E-state index contributed by atoms with van der Waals surface area (Å²) >= 11 is 0. The highest BCUT2D eigenvalue weighted by Gasteiger charge is 2.04. The molecule has 0 unspecified atom stereocenters. The number of rotatable bonds is 3. The van der Waals surface area contributed by atoms with Crippen molar-refractivity contribution in [2.24, 2.45) is 0 Å². The van der Waals surface area contributed by atoms with Crippen LogP contribution in [0.3, 0.4) is 0 Å². The van der Waals surface area contributed by atoms with Crippen molar-refractivity contribution in [1.82, 2.24) is 10.2 Å². The van der Waals surface area contributed by atoms with Gasteiger partial charge in [-0.1, -0.05) is 0 Å². The summed E-state index contributed by atoms with van der Waals surface area (Å²) in [6.45, 7) is 0. The third kappa shape index (κ3) is 2.11. The number of aromatic nitrogens is 2. The number of hydrogen-bond donors (Lipinski definition) is 0. The minimum Gasteiger partial charge on any atom is -0.497 e. The number of methoxy groups -OCH3 is 2. The van der Waals surface area contributed by atoms with Gasteiger partial charge in [0.15, 0.2) is 0 Å². The molecule has 0 fully saturated rings. The van der Waals surface area contributed by atoms with E-state index < -0.39 is 0 Å². The number of benzene rings is 1. The van der Waals surface area contributed by atoms with Crippen LogP contribution in [0.25, 0.3) is 11.3 Å². The second-order valence-corrected chi connectivity index (χ2v) is 3.15. The van der Waals surface area contributed by atoms with Gasteiger partial charge >= 0.3 is 0 Å². The van der Waals surface area contributed by atoms with Crippen LogP contribution in [0.5, 0.6) is 11.5 Å². The van der Waals surface area contributed by atoms with Crippen LogP contribution in [0.4, 0.5) is 0 Å². The molecule has 0 atom stereocenters. The van der Waals surface area contributed by atoms with E-state index in [2.05, 4.69) is 16.4 Å². The van der Waals surface area contributed by atoms with Crippen molar-refractivity contribution in [3.63, 3.8) is 0 Å². The smallest absolute Gasteiger partial charge is 0.123 e. The molecule has 2 aromatic rings. The summed E-state index contributed by atoms with van der Waals surface area (Å²) in [5.41, 5.74) is 1.66. The molecule has 2 rings (SSSR count). The first-order valence-corrected chi connectivity index (χ1v) is 4.76. The fraction of sp³-hybridized carbons (Fsp3) is 0.167. The Bertz CT molecular complexity index is 449. The third-order valence-electron chi connectivity index (χ3n) is 2.18. The minimum atomic E-state index is 0.726. The van der Waals surface area contributed by atoms with E-state index in [9.17, 15) is 0 Å². The number of ether oxygens (including phenoxy) is 2. The van der Waals surface area contributed by atoms with Gasteiger partial charge in [0.25, 0.3) is 0 Å². The first-order chi connectivity index (χ1) is 7.83. The van der Waals surface area contributed by atoms with Crippen molar-refractivity contribution in [3.05, 3.63) is 36.5 Å². The molecule has 81 valence electrons. The van der Waals surface area contributed by atoms with Gasteiger partial charge in [-0.2, -0.15) is 0 Å². The van der Waals surface area contributed by atoms with Crippen molar-refractivity contribution in [2.45, 2.75) is 0 Å². The van der Waals surface area contributed by atoms with Crippen molar-refractivity contribution in [2.75, 3.05) is 14.2 Å². The van der Waals surface area contributed by atoms with E-state index in [0.29, 0.717) is 0 Å². The molecule has 0 spiro atoms. The zero-order valence-corrected chi connectivity index (χ0v) is 9.10. The van der Waals surface area contributed by atoms with Crippen molar-refractivity contribution in [3.8, 4) is 22.8 Å². The number of nitrogens with zero attached hydrogens (tertiary/aromatic N) is 2. The second kappa shape index (κ2) is 4.61. The molecule has 0 bridgehead atoms. The van der Waals surface area contributed by atoms with Gasteiger partial charge in [-0.15, -0.1) is 10.2 Å². The summed E-state index contributed by atoms with van der Waals surface area (Å²) < 4.78 is 10.4. The van der Waals surface area contributed by atoms with Gasteiger partial charge in [0.05, 0.1) is 19.9 Å². The van der Waals surface area contributed by atoms with Crippen molar-refractivity contribution < 1.29 is 9.47 Å². The Hall–Kier alpha value is -2.10. The standard InChI is InChI=1S/C12H11N2O2/c1-15-10-6-9(7-11(8-10)16-2)12-4-3-5-13-14-12/h3-4,6-8H,1-2H3. The van der Waals surface area contributed by atoms with Crippen LogP contribution in [0.1, 0.15) is 0 Å². The van der Waals surface area contributed by atoms with Gasteiger partial charge in [0, 0.05) is 11.6 Å². The molecule has 4 heteroatoms. The van der Waals surface area contributed by atoms with E-state index >= 15 is 0 Å². The summed E-state index contributed by atoms with van der Waals surface area (Å²) in [7, 11) is 3.23. The Balaban J connectivity index is 2.48. The fourth-order valence-corrected chi connectivity index (χ4v) is 1.37. The minimum absolute atomic E-state index is 0.726. The zero-order valence-electron chi connectivity index (χ0n) is 9.10. The Labute approximate surface area is 93.9 Å². The molecule has 0 saturated carbocycles. The Morgan fingerprint density at radius 3 is 2.25 bits per heavy atom. The highest BCUT2D eigenvalue weighted by Crippen LogP contribution is 2.27. The molecular weight excluding hydrogens is 204 g/mol. The average Bonchev–Trinajstić information content (AvgIpc) is 2.39. The Morgan fingerprint density at radius 2 is 1.75 bits per heavy atom. The molecule has 0 aliphatic heterocycles. The van der Waals surface area contributed by atoms with E-state index in [1.165, 1.54) is 0 Å². The fourth-order valence-electron chi connectivity index (χ4n) is 1.37. The maximum atomic E-state index is 5.18. The SMILES string of the molecule is COc1cc(OC)cc(-c2cc[c]nn2)c1. The van der Waals surface area contributed by atoms with Crippen LogP contribution in [0.15, 0.2) is 30.3 Å². The lowest BCUT2D eigenvalue weighted by molar-refractivity contribution is 0.394. The lowest BCUT2D eigenvalue weighted by Crippen LogP contribution is -1.91. The topological polar surface area (TPSA) is 44.2 Å². The summed E-state index contributed by atoms with van der Waals surface area (Å²) in [6, 6.07) is 9.13. The summed E-state index contributed by atoms with van der Waals surface area (Å²) in [5, 5.41) is 7.70. The molecule has 0 aliphatic carbocycles. The second-order valence-electron chi connectivity index (χ2n) is 3.15. The van der Waals surface area contributed by atoms with E-state index in [1.54, 1.807) is 20.3 Å². The van der Waals surface area contributed by atoms with Crippen LogP contribution < -0.4 is 9.47 Å². The monoisotopic (exact) mass is 215 g/mol. The largest absolute Gasteiger partial charge is 0.497 e. The van der Waals surface area contributed by atoms with Crippen LogP contribution in [-0.2, 0) is 0 Å². The molecular formula is C12H11N2O2. The summed E-state index contributed by atoms with van der Waals surface area (Å²) in [5.74, 6) is 1.45. The quantitative estimate of drug-likeness (QED) is 0.785. The maximum Gasteiger partial charge on any atom is 0.123 e. The predicted molar refractivity (Wildman–Crippen MR) is 59.4 cm³/mol. The first-order valence-electron chi connectivity index (χ1n) is 4.76. The highest BCUT2D eigenvalue weighted by atomic mass is 16.5. The van der Waals surface area contributed by atoms with Gasteiger partial charge < -0.3 is 9.47 Å².